The highest BCUT2D eigenvalue weighted by Gasteiger charge is 2.65. The molecule has 2 nitrogen and oxygen atoms in total. The van der Waals surface area contributed by atoms with Gasteiger partial charge in [-0.25, -0.2) is 4.98 Å². The van der Waals surface area contributed by atoms with E-state index in [1.54, 1.807) is 11.3 Å². The number of rotatable bonds is 2. The lowest BCUT2D eigenvalue weighted by atomic mass is 10.0. The SMILES string of the molecule is c1cc2sccc2c(NC2C3C4CCC(C4)C23)n1. The minimum atomic E-state index is 0.731. The maximum absolute atomic E-state index is 4.55. The number of pyridine rings is 1. The van der Waals surface area contributed by atoms with Crippen LogP contribution in [0.15, 0.2) is 23.7 Å². The molecule has 3 aliphatic carbocycles. The molecular weight excluding hydrogens is 240 g/mol. The lowest BCUT2D eigenvalue weighted by Gasteiger charge is -2.11. The van der Waals surface area contributed by atoms with Crippen LogP contribution in [0.4, 0.5) is 5.82 Å². The molecule has 0 amide bonds. The lowest BCUT2D eigenvalue weighted by Crippen LogP contribution is -2.13. The summed E-state index contributed by atoms with van der Waals surface area (Å²) in [6.45, 7) is 0. The van der Waals surface area contributed by atoms with Crippen molar-refractivity contribution < 1.29 is 0 Å². The van der Waals surface area contributed by atoms with Crippen LogP contribution in [0, 0.1) is 23.7 Å². The second kappa shape index (κ2) is 3.27. The molecule has 2 aromatic rings. The van der Waals surface area contributed by atoms with Gasteiger partial charge >= 0.3 is 0 Å². The molecule has 5 rings (SSSR count). The predicted molar refractivity (Wildman–Crippen MR) is 74.8 cm³/mol. The minimum absolute atomic E-state index is 0.731. The smallest absolute Gasteiger partial charge is 0.134 e. The molecule has 0 spiro atoms. The fraction of sp³-hybridized carbons (Fsp3) is 0.533. The Morgan fingerprint density at radius 3 is 2.83 bits per heavy atom. The average Bonchev–Trinajstić information content (AvgIpc) is 2.84. The predicted octanol–water partition coefficient (Wildman–Crippen LogP) is 3.75. The molecule has 0 aromatic carbocycles. The van der Waals surface area contributed by atoms with Gasteiger partial charge in [-0.1, -0.05) is 0 Å². The number of thiophene rings is 1. The molecule has 92 valence electrons. The summed E-state index contributed by atoms with van der Waals surface area (Å²) in [4.78, 5) is 4.55. The normalized spacial score (nSPS) is 40.1. The van der Waals surface area contributed by atoms with Gasteiger partial charge in [-0.2, -0.15) is 0 Å². The van der Waals surface area contributed by atoms with Gasteiger partial charge in [0.2, 0.25) is 0 Å². The van der Waals surface area contributed by atoms with Gasteiger partial charge in [0.05, 0.1) is 0 Å². The molecule has 2 heterocycles. The third-order valence-electron chi connectivity index (χ3n) is 5.42. The first-order valence-corrected chi connectivity index (χ1v) is 7.88. The molecule has 2 bridgehead atoms. The summed E-state index contributed by atoms with van der Waals surface area (Å²) in [6, 6.07) is 5.04. The van der Waals surface area contributed by atoms with Crippen LogP contribution >= 0.6 is 11.3 Å². The van der Waals surface area contributed by atoms with E-state index in [0.717, 1.165) is 35.5 Å². The number of hydrogen-bond donors (Lipinski definition) is 1. The third-order valence-corrected chi connectivity index (χ3v) is 6.30. The zero-order chi connectivity index (χ0) is 11.7. The quantitative estimate of drug-likeness (QED) is 0.885. The largest absolute Gasteiger partial charge is 0.366 e. The first-order valence-electron chi connectivity index (χ1n) is 7.00. The Labute approximate surface area is 110 Å². The average molecular weight is 256 g/mol. The molecule has 4 unspecified atom stereocenters. The molecule has 3 heteroatoms. The van der Waals surface area contributed by atoms with Gasteiger partial charge in [0, 0.05) is 22.3 Å². The van der Waals surface area contributed by atoms with Crippen molar-refractivity contribution in [1.29, 1.82) is 0 Å². The van der Waals surface area contributed by atoms with Crippen LogP contribution in [-0.2, 0) is 0 Å². The van der Waals surface area contributed by atoms with E-state index in [-0.39, 0.29) is 0 Å². The first-order chi connectivity index (χ1) is 8.92. The van der Waals surface area contributed by atoms with E-state index in [2.05, 4.69) is 27.8 Å². The Morgan fingerprint density at radius 2 is 2.00 bits per heavy atom. The summed E-state index contributed by atoms with van der Waals surface area (Å²) >= 11 is 1.80. The summed E-state index contributed by atoms with van der Waals surface area (Å²) in [6.07, 6.45) is 6.43. The van der Waals surface area contributed by atoms with Crippen LogP contribution in [0.2, 0.25) is 0 Å². The highest BCUT2D eigenvalue weighted by atomic mass is 32.1. The molecule has 1 N–H and O–H groups in total. The van der Waals surface area contributed by atoms with Gasteiger partial charge in [0.15, 0.2) is 0 Å². The van der Waals surface area contributed by atoms with Gasteiger partial charge < -0.3 is 5.32 Å². The van der Waals surface area contributed by atoms with Crippen molar-refractivity contribution in [3.05, 3.63) is 23.7 Å². The molecule has 2 aromatic heterocycles. The standard InChI is InChI=1S/C15H16N2S/c1-2-9-7-8(1)12-13(9)14(12)17-15-10-4-6-18-11(10)3-5-16-15/h3-6,8-9,12-14H,1-2,7H2,(H,16,17). The van der Waals surface area contributed by atoms with E-state index in [4.69, 9.17) is 0 Å². The Balaban J connectivity index is 1.46. The number of aromatic nitrogens is 1. The van der Waals surface area contributed by atoms with E-state index in [1.807, 2.05) is 6.20 Å². The van der Waals surface area contributed by atoms with Crippen molar-refractivity contribution in [3.8, 4) is 0 Å². The molecule has 4 atom stereocenters. The van der Waals surface area contributed by atoms with Gasteiger partial charge in [-0.15, -0.1) is 11.3 Å². The number of nitrogens with one attached hydrogen (secondary N) is 1. The highest BCUT2D eigenvalue weighted by molar-refractivity contribution is 7.17. The topological polar surface area (TPSA) is 24.9 Å². The van der Waals surface area contributed by atoms with Crippen molar-refractivity contribution in [2.45, 2.75) is 25.3 Å². The fourth-order valence-corrected chi connectivity index (χ4v) is 5.47. The number of hydrogen-bond acceptors (Lipinski definition) is 3. The maximum atomic E-state index is 4.55. The molecule has 0 saturated heterocycles. The molecule has 0 aliphatic heterocycles. The van der Waals surface area contributed by atoms with Crippen molar-refractivity contribution in [2.75, 3.05) is 5.32 Å². The Bertz CT molecular complexity index is 604. The molecule has 18 heavy (non-hydrogen) atoms. The van der Waals surface area contributed by atoms with Crippen LogP contribution in [0.5, 0.6) is 0 Å². The van der Waals surface area contributed by atoms with E-state index in [1.165, 1.54) is 29.3 Å². The lowest BCUT2D eigenvalue weighted by molar-refractivity contribution is 0.456. The maximum Gasteiger partial charge on any atom is 0.134 e. The van der Waals surface area contributed by atoms with Crippen LogP contribution in [0.25, 0.3) is 10.1 Å². The summed E-state index contributed by atoms with van der Waals surface area (Å²) in [5.41, 5.74) is 0. The van der Waals surface area contributed by atoms with Crippen molar-refractivity contribution >= 4 is 27.2 Å². The number of anilines is 1. The van der Waals surface area contributed by atoms with Crippen molar-refractivity contribution in [2.24, 2.45) is 23.7 Å². The van der Waals surface area contributed by atoms with E-state index in [9.17, 15) is 0 Å². The van der Waals surface area contributed by atoms with Gasteiger partial charge in [0.25, 0.3) is 0 Å². The summed E-state index contributed by atoms with van der Waals surface area (Å²) in [5.74, 6) is 5.12. The van der Waals surface area contributed by atoms with E-state index < -0.39 is 0 Å². The zero-order valence-corrected chi connectivity index (χ0v) is 11.0. The van der Waals surface area contributed by atoms with Crippen LogP contribution in [0.1, 0.15) is 19.3 Å². The van der Waals surface area contributed by atoms with Gasteiger partial charge in [-0.05, 0) is 60.4 Å². The monoisotopic (exact) mass is 256 g/mol. The first kappa shape index (κ1) is 9.79. The zero-order valence-electron chi connectivity index (χ0n) is 10.2. The molecule has 3 fully saturated rings. The molecule has 3 saturated carbocycles. The number of fused-ring (bicyclic) bond motifs is 6. The Hall–Kier alpha value is -1.09. The third kappa shape index (κ3) is 1.16. The Morgan fingerprint density at radius 1 is 1.17 bits per heavy atom. The highest BCUT2D eigenvalue weighted by Crippen LogP contribution is 2.66. The molecule has 3 aliphatic rings. The Kier molecular flexibility index (Phi) is 1.78. The van der Waals surface area contributed by atoms with Gasteiger partial charge in [0.1, 0.15) is 5.82 Å². The van der Waals surface area contributed by atoms with E-state index in [0.29, 0.717) is 0 Å². The van der Waals surface area contributed by atoms with E-state index >= 15 is 0 Å². The minimum Gasteiger partial charge on any atom is -0.366 e. The van der Waals surface area contributed by atoms with Gasteiger partial charge in [-0.3, -0.25) is 0 Å². The van der Waals surface area contributed by atoms with Crippen LogP contribution in [0.3, 0.4) is 0 Å². The molecule has 0 radical (unpaired) electrons. The summed E-state index contributed by atoms with van der Waals surface area (Å²) in [7, 11) is 0. The fourth-order valence-electron chi connectivity index (χ4n) is 4.69. The van der Waals surface area contributed by atoms with Crippen LogP contribution < -0.4 is 5.32 Å². The summed E-state index contributed by atoms with van der Waals surface area (Å²) < 4.78 is 1.35. The second-order valence-corrected chi connectivity index (χ2v) is 7.10. The number of nitrogens with zero attached hydrogens (tertiary/aromatic N) is 1. The molecular formula is C15H16N2S. The van der Waals surface area contributed by atoms with Crippen molar-refractivity contribution in [1.82, 2.24) is 4.98 Å². The second-order valence-electron chi connectivity index (χ2n) is 6.15. The van der Waals surface area contributed by atoms with Crippen molar-refractivity contribution in [3.63, 3.8) is 0 Å². The summed E-state index contributed by atoms with van der Waals surface area (Å²) in [5, 5.41) is 7.21. The van der Waals surface area contributed by atoms with Crippen LogP contribution in [-0.4, -0.2) is 11.0 Å².